The van der Waals surface area contributed by atoms with Gasteiger partial charge >= 0.3 is 0 Å². The summed E-state index contributed by atoms with van der Waals surface area (Å²) in [4.78, 5) is 41.5. The van der Waals surface area contributed by atoms with Gasteiger partial charge in [0, 0.05) is 36.3 Å². The van der Waals surface area contributed by atoms with Gasteiger partial charge in [-0.15, -0.1) is 0 Å². The molecule has 2 aliphatic rings. The third-order valence-corrected chi connectivity index (χ3v) is 8.76. The van der Waals surface area contributed by atoms with Crippen LogP contribution in [0.3, 0.4) is 0 Å². The lowest BCUT2D eigenvalue weighted by Crippen LogP contribution is -2.51. The van der Waals surface area contributed by atoms with Crippen molar-refractivity contribution in [3.8, 4) is 0 Å². The SMILES string of the molecule is CCCC(=O)N1CC[C@H](NS(=O)(=O)c2ccc(N3C(=O)c4ccccc4C3=O)c3ccccc23)[C@H](C)C1. The van der Waals surface area contributed by atoms with Crippen LogP contribution in [0.4, 0.5) is 5.69 Å². The van der Waals surface area contributed by atoms with Crippen LogP contribution >= 0.6 is 0 Å². The summed E-state index contributed by atoms with van der Waals surface area (Å²) in [6.45, 7) is 4.93. The van der Waals surface area contributed by atoms with E-state index in [0.29, 0.717) is 53.5 Å². The first kappa shape index (κ1) is 25.1. The zero-order chi connectivity index (χ0) is 26.3. The molecule has 0 spiro atoms. The summed E-state index contributed by atoms with van der Waals surface area (Å²) in [7, 11) is -3.93. The number of fused-ring (bicyclic) bond motifs is 2. The number of imide groups is 1. The van der Waals surface area contributed by atoms with Crippen LogP contribution in [0.5, 0.6) is 0 Å². The monoisotopic (exact) mass is 519 g/mol. The van der Waals surface area contributed by atoms with Crippen molar-refractivity contribution in [3.05, 3.63) is 71.8 Å². The van der Waals surface area contributed by atoms with Gasteiger partial charge in [-0.2, -0.15) is 0 Å². The minimum atomic E-state index is -3.93. The van der Waals surface area contributed by atoms with Crippen molar-refractivity contribution in [2.75, 3.05) is 18.0 Å². The summed E-state index contributed by atoms with van der Waals surface area (Å²) < 4.78 is 30.0. The van der Waals surface area contributed by atoms with E-state index in [0.717, 1.165) is 11.3 Å². The molecule has 37 heavy (non-hydrogen) atoms. The molecule has 192 valence electrons. The van der Waals surface area contributed by atoms with Gasteiger partial charge in [-0.05, 0) is 43.0 Å². The van der Waals surface area contributed by atoms with Gasteiger partial charge in [0.05, 0.1) is 21.7 Å². The molecule has 1 fully saturated rings. The van der Waals surface area contributed by atoms with E-state index in [4.69, 9.17) is 0 Å². The Morgan fingerprint density at radius 3 is 2.19 bits per heavy atom. The first-order valence-corrected chi connectivity index (χ1v) is 14.0. The van der Waals surface area contributed by atoms with Crippen LogP contribution in [-0.4, -0.2) is 50.2 Å². The molecule has 3 amide bonds. The van der Waals surface area contributed by atoms with Crippen LogP contribution < -0.4 is 9.62 Å². The third-order valence-electron chi connectivity index (χ3n) is 7.21. The molecule has 0 aliphatic carbocycles. The predicted molar refractivity (Wildman–Crippen MR) is 141 cm³/mol. The molecule has 0 aromatic heterocycles. The van der Waals surface area contributed by atoms with E-state index in [9.17, 15) is 22.8 Å². The second-order valence-electron chi connectivity index (χ2n) is 9.70. The van der Waals surface area contributed by atoms with Crippen molar-refractivity contribution >= 4 is 44.2 Å². The maximum absolute atomic E-state index is 13.6. The van der Waals surface area contributed by atoms with Crippen molar-refractivity contribution in [1.29, 1.82) is 0 Å². The van der Waals surface area contributed by atoms with E-state index < -0.39 is 21.8 Å². The molecule has 1 N–H and O–H groups in total. The molecule has 0 radical (unpaired) electrons. The lowest BCUT2D eigenvalue weighted by Gasteiger charge is -2.37. The standard InChI is InChI=1S/C28H29N3O5S/c1-3-8-26(32)30-16-15-23(18(2)17-30)29-37(35,36)25-14-13-24(19-9-4-5-10-20(19)25)31-27(33)21-11-6-7-12-22(21)28(31)34/h4-7,9-14,18,23,29H,3,8,15-17H2,1-2H3/t18-,23+/m1/s1. The maximum Gasteiger partial charge on any atom is 0.266 e. The molecule has 1 saturated heterocycles. The number of sulfonamides is 1. The summed E-state index contributed by atoms with van der Waals surface area (Å²) >= 11 is 0. The second-order valence-corrected chi connectivity index (χ2v) is 11.4. The van der Waals surface area contributed by atoms with Crippen molar-refractivity contribution in [1.82, 2.24) is 9.62 Å². The van der Waals surface area contributed by atoms with Crippen LogP contribution in [0, 0.1) is 5.92 Å². The zero-order valence-corrected chi connectivity index (χ0v) is 21.6. The number of piperidine rings is 1. The van der Waals surface area contributed by atoms with Crippen LogP contribution in [0.15, 0.2) is 65.6 Å². The van der Waals surface area contributed by atoms with E-state index in [1.54, 1.807) is 48.5 Å². The molecule has 3 aromatic carbocycles. The summed E-state index contributed by atoms with van der Waals surface area (Å²) in [5.41, 5.74) is 0.997. The first-order valence-electron chi connectivity index (χ1n) is 12.5. The quantitative estimate of drug-likeness (QED) is 0.497. The number of hydrogen-bond donors (Lipinski definition) is 1. The molecule has 8 nitrogen and oxygen atoms in total. The van der Waals surface area contributed by atoms with Gasteiger partial charge in [-0.25, -0.2) is 18.0 Å². The highest BCUT2D eigenvalue weighted by Crippen LogP contribution is 2.36. The number of hydrogen-bond acceptors (Lipinski definition) is 5. The Balaban J connectivity index is 1.45. The fourth-order valence-corrected chi connectivity index (χ4v) is 6.87. The third kappa shape index (κ3) is 4.42. The lowest BCUT2D eigenvalue weighted by molar-refractivity contribution is -0.133. The minimum Gasteiger partial charge on any atom is -0.342 e. The number of rotatable bonds is 6. The Bertz CT molecular complexity index is 1480. The Kier molecular flexibility index (Phi) is 6.59. The number of carbonyl (C=O) groups is 3. The highest BCUT2D eigenvalue weighted by Gasteiger charge is 2.38. The van der Waals surface area contributed by atoms with E-state index in [1.807, 2.05) is 18.7 Å². The van der Waals surface area contributed by atoms with Gasteiger partial charge in [0.15, 0.2) is 0 Å². The van der Waals surface area contributed by atoms with Crippen molar-refractivity contribution < 1.29 is 22.8 Å². The van der Waals surface area contributed by atoms with Crippen molar-refractivity contribution in [2.45, 2.75) is 44.0 Å². The number of nitrogens with one attached hydrogen (secondary N) is 1. The summed E-state index contributed by atoms with van der Waals surface area (Å²) in [5.74, 6) is -0.811. The van der Waals surface area contributed by atoms with E-state index in [2.05, 4.69) is 4.72 Å². The Morgan fingerprint density at radius 1 is 0.946 bits per heavy atom. The maximum atomic E-state index is 13.6. The summed E-state index contributed by atoms with van der Waals surface area (Å²) in [6, 6.07) is 16.2. The van der Waals surface area contributed by atoms with Gasteiger partial charge in [0.2, 0.25) is 15.9 Å². The van der Waals surface area contributed by atoms with E-state index in [-0.39, 0.29) is 22.8 Å². The molecule has 5 rings (SSSR count). The number of amides is 3. The zero-order valence-electron chi connectivity index (χ0n) is 20.8. The van der Waals surface area contributed by atoms with E-state index in [1.165, 1.54) is 12.1 Å². The largest absolute Gasteiger partial charge is 0.342 e. The molecule has 9 heteroatoms. The van der Waals surface area contributed by atoms with E-state index >= 15 is 0 Å². The van der Waals surface area contributed by atoms with Crippen molar-refractivity contribution in [3.63, 3.8) is 0 Å². The molecular weight excluding hydrogens is 490 g/mol. The van der Waals surface area contributed by atoms with Gasteiger partial charge < -0.3 is 4.90 Å². The number of anilines is 1. The highest BCUT2D eigenvalue weighted by molar-refractivity contribution is 7.89. The van der Waals surface area contributed by atoms with Gasteiger partial charge in [-0.3, -0.25) is 14.4 Å². The first-order chi connectivity index (χ1) is 17.7. The number of carbonyl (C=O) groups excluding carboxylic acids is 3. The molecule has 0 bridgehead atoms. The topological polar surface area (TPSA) is 104 Å². The molecule has 0 saturated carbocycles. The average Bonchev–Trinajstić information content (AvgIpc) is 3.14. The van der Waals surface area contributed by atoms with Gasteiger partial charge in [-0.1, -0.05) is 50.2 Å². The molecule has 2 atom stereocenters. The Hall–Kier alpha value is -3.56. The van der Waals surface area contributed by atoms with Crippen LogP contribution in [0.2, 0.25) is 0 Å². The van der Waals surface area contributed by atoms with Gasteiger partial charge in [0.1, 0.15) is 0 Å². The predicted octanol–water partition coefficient (Wildman–Crippen LogP) is 3.96. The Morgan fingerprint density at radius 2 is 1.57 bits per heavy atom. The fraction of sp³-hybridized carbons (Fsp3) is 0.321. The molecule has 3 aromatic rings. The number of benzene rings is 3. The average molecular weight is 520 g/mol. The summed E-state index contributed by atoms with van der Waals surface area (Å²) in [5, 5.41) is 0.917. The van der Waals surface area contributed by atoms with Crippen LogP contribution in [0.25, 0.3) is 10.8 Å². The molecule has 2 aliphatic heterocycles. The Labute approximate surface area is 216 Å². The fourth-order valence-electron chi connectivity index (χ4n) is 5.27. The molecule has 0 unspecified atom stereocenters. The lowest BCUT2D eigenvalue weighted by atomic mass is 9.94. The second kappa shape index (κ2) is 9.72. The normalized spacial score (nSPS) is 19.9. The molecular formula is C28H29N3O5S. The van der Waals surface area contributed by atoms with Crippen LogP contribution in [0.1, 0.15) is 53.8 Å². The minimum absolute atomic E-state index is 0.0479. The smallest absolute Gasteiger partial charge is 0.266 e. The molecule has 2 heterocycles. The van der Waals surface area contributed by atoms with Crippen molar-refractivity contribution in [2.24, 2.45) is 5.92 Å². The summed E-state index contributed by atoms with van der Waals surface area (Å²) in [6.07, 6.45) is 1.80. The van der Waals surface area contributed by atoms with Gasteiger partial charge in [0.25, 0.3) is 11.8 Å². The number of likely N-dealkylation sites (tertiary alicyclic amines) is 1. The van der Waals surface area contributed by atoms with Crippen LogP contribution in [-0.2, 0) is 14.8 Å². The number of nitrogens with zero attached hydrogens (tertiary/aromatic N) is 2. The highest BCUT2D eigenvalue weighted by atomic mass is 32.2.